The van der Waals surface area contributed by atoms with Crippen molar-refractivity contribution in [3.63, 3.8) is 0 Å². The van der Waals surface area contributed by atoms with E-state index in [-0.39, 0.29) is 0 Å². The first-order chi connectivity index (χ1) is 11.2. The van der Waals surface area contributed by atoms with Crippen molar-refractivity contribution >= 4 is 29.1 Å². The summed E-state index contributed by atoms with van der Waals surface area (Å²) in [4.78, 5) is 8.62. The monoisotopic (exact) mass is 334 g/mol. The fourth-order valence-electron chi connectivity index (χ4n) is 1.96. The zero-order valence-electron chi connectivity index (χ0n) is 12.9. The number of rotatable bonds is 8. The Morgan fingerprint density at radius 3 is 2.70 bits per heavy atom. The molecule has 0 amide bonds. The van der Waals surface area contributed by atoms with Crippen LogP contribution in [0.25, 0.3) is 0 Å². The van der Waals surface area contributed by atoms with Gasteiger partial charge in [0.25, 0.3) is 0 Å². The van der Waals surface area contributed by atoms with Crippen molar-refractivity contribution in [2.45, 2.75) is 18.9 Å². The number of anilines is 3. The smallest absolute Gasteiger partial charge is 0.229 e. The van der Waals surface area contributed by atoms with Crippen molar-refractivity contribution in [3.05, 3.63) is 35.5 Å². The number of nitrogens with one attached hydrogen (secondary N) is 2. The summed E-state index contributed by atoms with van der Waals surface area (Å²) in [6.45, 7) is 1.09. The van der Waals surface area contributed by atoms with Crippen LogP contribution in [0.3, 0.4) is 0 Å². The molecule has 1 aromatic carbocycles. The number of nitrogens with zero attached hydrogens (tertiary/aromatic N) is 2. The number of hydrogen-bond acceptors (Lipinski definition) is 6. The minimum atomic E-state index is 0.485. The summed E-state index contributed by atoms with van der Waals surface area (Å²) < 4.78 is 10.5. The van der Waals surface area contributed by atoms with Crippen LogP contribution in [0.2, 0.25) is 5.02 Å². The molecule has 1 fully saturated rings. The fraction of sp³-hybridized carbons (Fsp3) is 0.375. The highest BCUT2D eigenvalue weighted by atomic mass is 35.5. The van der Waals surface area contributed by atoms with E-state index in [1.165, 1.54) is 0 Å². The number of ether oxygens (including phenoxy) is 2. The van der Waals surface area contributed by atoms with Crippen LogP contribution in [-0.4, -0.2) is 36.3 Å². The molecule has 1 saturated carbocycles. The van der Waals surface area contributed by atoms with Gasteiger partial charge in [-0.15, -0.1) is 0 Å². The number of benzene rings is 1. The second kappa shape index (κ2) is 7.48. The van der Waals surface area contributed by atoms with Gasteiger partial charge in [0.1, 0.15) is 17.4 Å². The van der Waals surface area contributed by atoms with E-state index in [4.69, 9.17) is 21.1 Å². The first-order valence-electron chi connectivity index (χ1n) is 7.52. The molecule has 122 valence electrons. The van der Waals surface area contributed by atoms with Gasteiger partial charge in [0, 0.05) is 18.8 Å². The van der Waals surface area contributed by atoms with Crippen LogP contribution in [-0.2, 0) is 4.74 Å². The van der Waals surface area contributed by atoms with E-state index >= 15 is 0 Å². The molecule has 0 radical (unpaired) electrons. The molecule has 0 aliphatic heterocycles. The van der Waals surface area contributed by atoms with Gasteiger partial charge in [0.2, 0.25) is 5.95 Å². The Hall–Kier alpha value is -2.05. The summed E-state index contributed by atoms with van der Waals surface area (Å²) >= 11 is 6.11. The molecule has 3 rings (SSSR count). The van der Waals surface area contributed by atoms with Crippen LogP contribution in [0.1, 0.15) is 12.8 Å². The summed E-state index contributed by atoms with van der Waals surface area (Å²) in [5.74, 6) is 1.97. The van der Waals surface area contributed by atoms with Crippen LogP contribution in [0, 0.1) is 0 Å². The van der Waals surface area contributed by atoms with Gasteiger partial charge in [0.05, 0.1) is 12.8 Å². The number of hydrogen-bond donors (Lipinski definition) is 2. The molecular weight excluding hydrogens is 316 g/mol. The summed E-state index contributed by atoms with van der Waals surface area (Å²) in [5.41, 5.74) is 0.879. The molecule has 23 heavy (non-hydrogen) atoms. The second-order valence-electron chi connectivity index (χ2n) is 5.30. The predicted molar refractivity (Wildman–Crippen MR) is 90.8 cm³/mol. The van der Waals surface area contributed by atoms with Gasteiger partial charge >= 0.3 is 0 Å². The average Bonchev–Trinajstić information content (AvgIpc) is 3.37. The molecule has 0 unspecified atom stereocenters. The van der Waals surface area contributed by atoms with Gasteiger partial charge in [-0.05, 0) is 37.1 Å². The van der Waals surface area contributed by atoms with Crippen LogP contribution in [0.5, 0.6) is 5.75 Å². The summed E-state index contributed by atoms with van der Waals surface area (Å²) in [7, 11) is 1.65. The third-order valence-corrected chi connectivity index (χ3v) is 3.61. The summed E-state index contributed by atoms with van der Waals surface area (Å²) in [6, 6.07) is 8.08. The van der Waals surface area contributed by atoms with Gasteiger partial charge in [0.15, 0.2) is 5.82 Å². The van der Waals surface area contributed by atoms with Crippen molar-refractivity contribution in [1.82, 2.24) is 9.97 Å². The third kappa shape index (κ3) is 4.71. The zero-order chi connectivity index (χ0) is 16.1. The van der Waals surface area contributed by atoms with E-state index in [0.29, 0.717) is 36.0 Å². The van der Waals surface area contributed by atoms with Crippen molar-refractivity contribution in [1.29, 1.82) is 0 Å². The maximum atomic E-state index is 6.11. The first kappa shape index (κ1) is 15.8. The Labute approximate surface area is 140 Å². The molecule has 0 saturated heterocycles. The maximum absolute atomic E-state index is 6.11. The standard InChI is InChI=1S/C16H19ClN4O2/c1-22-8-9-23-13-6-4-12(5-7-13)20-16-18-10-14(17)15(21-16)19-11-2-3-11/h4-7,10-11H,2-3,8-9H2,1H3,(H2,18,19,20,21). The highest BCUT2D eigenvalue weighted by Gasteiger charge is 2.22. The number of methoxy groups -OCH3 is 1. The van der Waals surface area contributed by atoms with Gasteiger partial charge in [-0.3, -0.25) is 0 Å². The molecule has 0 atom stereocenters. The lowest BCUT2D eigenvalue weighted by Gasteiger charge is -2.10. The molecule has 0 bridgehead atoms. The Morgan fingerprint density at radius 1 is 1.22 bits per heavy atom. The first-order valence-corrected chi connectivity index (χ1v) is 7.90. The quantitative estimate of drug-likeness (QED) is 0.720. The van der Waals surface area contributed by atoms with E-state index in [2.05, 4.69) is 20.6 Å². The minimum Gasteiger partial charge on any atom is -0.491 e. The van der Waals surface area contributed by atoms with Crippen LogP contribution in [0.15, 0.2) is 30.5 Å². The lowest BCUT2D eigenvalue weighted by molar-refractivity contribution is 0.146. The lowest BCUT2D eigenvalue weighted by Crippen LogP contribution is -2.06. The van der Waals surface area contributed by atoms with Gasteiger partial charge in [-0.2, -0.15) is 4.98 Å². The Balaban J connectivity index is 1.62. The van der Waals surface area contributed by atoms with E-state index in [9.17, 15) is 0 Å². The molecule has 1 aromatic heterocycles. The second-order valence-corrected chi connectivity index (χ2v) is 5.71. The SMILES string of the molecule is COCCOc1ccc(Nc2ncc(Cl)c(NC3CC3)n2)cc1. The molecule has 1 aliphatic carbocycles. The topological polar surface area (TPSA) is 68.3 Å². The van der Waals surface area contributed by atoms with E-state index in [1.807, 2.05) is 24.3 Å². The fourth-order valence-corrected chi connectivity index (χ4v) is 2.10. The van der Waals surface area contributed by atoms with Crippen LogP contribution in [0.4, 0.5) is 17.5 Å². The molecule has 2 N–H and O–H groups in total. The third-order valence-electron chi connectivity index (χ3n) is 3.33. The van der Waals surface area contributed by atoms with E-state index < -0.39 is 0 Å². The van der Waals surface area contributed by atoms with Crippen molar-refractivity contribution in [2.24, 2.45) is 0 Å². The average molecular weight is 335 g/mol. The van der Waals surface area contributed by atoms with Crippen molar-refractivity contribution < 1.29 is 9.47 Å². The minimum absolute atomic E-state index is 0.485. The van der Waals surface area contributed by atoms with Crippen LogP contribution >= 0.6 is 11.6 Å². The van der Waals surface area contributed by atoms with Gasteiger partial charge in [-0.1, -0.05) is 11.6 Å². The molecule has 1 heterocycles. The molecule has 0 spiro atoms. The Kier molecular flexibility index (Phi) is 5.15. The summed E-state index contributed by atoms with van der Waals surface area (Å²) in [5, 5.41) is 6.98. The molecule has 2 aromatic rings. The van der Waals surface area contributed by atoms with Gasteiger partial charge in [-0.25, -0.2) is 4.98 Å². The molecule has 1 aliphatic rings. The number of aromatic nitrogens is 2. The largest absolute Gasteiger partial charge is 0.491 e. The molecular formula is C16H19ClN4O2. The Morgan fingerprint density at radius 2 is 2.00 bits per heavy atom. The normalized spacial score (nSPS) is 13.7. The van der Waals surface area contributed by atoms with E-state index in [1.54, 1.807) is 13.3 Å². The zero-order valence-corrected chi connectivity index (χ0v) is 13.6. The van der Waals surface area contributed by atoms with Crippen molar-refractivity contribution in [2.75, 3.05) is 31.0 Å². The van der Waals surface area contributed by atoms with Crippen LogP contribution < -0.4 is 15.4 Å². The highest BCUT2D eigenvalue weighted by molar-refractivity contribution is 6.32. The maximum Gasteiger partial charge on any atom is 0.229 e. The van der Waals surface area contributed by atoms with Crippen molar-refractivity contribution in [3.8, 4) is 5.75 Å². The summed E-state index contributed by atoms with van der Waals surface area (Å²) in [6.07, 6.45) is 3.92. The van der Waals surface area contributed by atoms with Gasteiger partial charge < -0.3 is 20.1 Å². The van der Waals surface area contributed by atoms with E-state index in [0.717, 1.165) is 24.3 Å². The predicted octanol–water partition coefficient (Wildman–Crippen LogP) is 3.47. The molecule has 6 nitrogen and oxygen atoms in total. The number of halogens is 1. The molecule has 7 heteroatoms. The highest BCUT2D eigenvalue weighted by Crippen LogP contribution is 2.28. The Bertz CT molecular complexity index is 647. The lowest BCUT2D eigenvalue weighted by atomic mass is 10.3.